The molecule has 2 N–H and O–H groups in total. The van der Waals surface area contributed by atoms with Gasteiger partial charge in [-0.15, -0.1) is 11.8 Å². The van der Waals surface area contributed by atoms with E-state index in [1.54, 1.807) is 26.0 Å². The number of aromatic nitrogens is 2. The Morgan fingerprint density at radius 3 is 2.62 bits per heavy atom. The molecule has 26 heavy (non-hydrogen) atoms. The first-order valence-corrected chi connectivity index (χ1v) is 9.96. The van der Waals surface area contributed by atoms with Gasteiger partial charge in [0.1, 0.15) is 11.5 Å². The number of β-amino-alcohol motifs (C(OH)–C–C–N with tert-alkyl or cyclic N) is 1. The highest BCUT2D eigenvalue weighted by Gasteiger charge is 2.32. The first kappa shape index (κ1) is 19.1. The fourth-order valence-corrected chi connectivity index (χ4v) is 4.14. The Hall–Kier alpha value is -1.70. The standard InChI is InChI=1S/C19H27N3O3S/c1-12-5-15(21-20-12)6-13-9-22(11-16(13)23)10-14-7-18(25-3)19(26-4)8-17(14)24-2/h5,7-8,13,16,23H,6,9-11H2,1-4H3,(H,20,21)/t13-,16-/m1/s1. The molecule has 2 atom stereocenters. The van der Waals surface area contributed by atoms with E-state index in [1.807, 2.05) is 31.4 Å². The van der Waals surface area contributed by atoms with Gasteiger partial charge in [-0.3, -0.25) is 10.00 Å². The van der Waals surface area contributed by atoms with Crippen LogP contribution >= 0.6 is 11.8 Å². The number of nitrogens with zero attached hydrogens (tertiary/aromatic N) is 2. The number of likely N-dealkylation sites (tertiary alicyclic amines) is 1. The number of ether oxygens (including phenoxy) is 2. The summed E-state index contributed by atoms with van der Waals surface area (Å²) in [5.41, 5.74) is 3.14. The number of thioether (sulfide) groups is 1. The van der Waals surface area contributed by atoms with Gasteiger partial charge in [-0.2, -0.15) is 5.10 Å². The van der Waals surface area contributed by atoms with Crippen LogP contribution in [0.1, 0.15) is 17.0 Å². The number of aliphatic hydroxyl groups excluding tert-OH is 1. The minimum absolute atomic E-state index is 0.191. The van der Waals surface area contributed by atoms with Crippen LogP contribution in [0.15, 0.2) is 23.1 Å². The summed E-state index contributed by atoms with van der Waals surface area (Å²) in [5, 5.41) is 17.7. The fraction of sp³-hybridized carbons (Fsp3) is 0.526. The fourth-order valence-electron chi connectivity index (χ4n) is 3.58. The third kappa shape index (κ3) is 4.16. The maximum absolute atomic E-state index is 10.5. The van der Waals surface area contributed by atoms with Crippen molar-refractivity contribution in [2.45, 2.75) is 30.9 Å². The van der Waals surface area contributed by atoms with E-state index >= 15 is 0 Å². The van der Waals surface area contributed by atoms with E-state index in [1.165, 1.54) is 0 Å². The Bertz CT molecular complexity index is 750. The van der Waals surface area contributed by atoms with Gasteiger partial charge in [-0.1, -0.05) is 0 Å². The molecule has 2 aromatic rings. The zero-order valence-corrected chi connectivity index (χ0v) is 16.6. The van der Waals surface area contributed by atoms with E-state index < -0.39 is 0 Å². The Balaban J connectivity index is 1.71. The molecule has 6 nitrogen and oxygen atoms in total. The van der Waals surface area contributed by atoms with E-state index in [0.717, 1.165) is 52.9 Å². The first-order valence-electron chi connectivity index (χ1n) is 8.74. The summed E-state index contributed by atoms with van der Waals surface area (Å²) in [6.07, 6.45) is 2.47. The van der Waals surface area contributed by atoms with E-state index in [9.17, 15) is 5.11 Å². The molecule has 0 radical (unpaired) electrons. The van der Waals surface area contributed by atoms with E-state index in [-0.39, 0.29) is 12.0 Å². The normalized spacial score (nSPS) is 20.5. The van der Waals surface area contributed by atoms with Crippen molar-refractivity contribution >= 4 is 11.8 Å². The molecule has 0 unspecified atom stereocenters. The van der Waals surface area contributed by atoms with Crippen LogP contribution in [0.3, 0.4) is 0 Å². The molecule has 1 aromatic heterocycles. The third-order valence-corrected chi connectivity index (χ3v) is 5.65. The van der Waals surface area contributed by atoms with Gasteiger partial charge in [0.15, 0.2) is 0 Å². The summed E-state index contributed by atoms with van der Waals surface area (Å²) in [7, 11) is 3.38. The second-order valence-corrected chi connectivity index (χ2v) is 7.64. The van der Waals surface area contributed by atoms with Crippen LogP contribution in [0.4, 0.5) is 0 Å². The number of nitrogens with one attached hydrogen (secondary N) is 1. The number of methoxy groups -OCH3 is 2. The molecule has 1 aromatic carbocycles. The van der Waals surface area contributed by atoms with Crippen LogP contribution in [-0.2, 0) is 13.0 Å². The van der Waals surface area contributed by atoms with Crippen LogP contribution in [0.25, 0.3) is 0 Å². The lowest BCUT2D eigenvalue weighted by Crippen LogP contribution is -2.21. The van der Waals surface area contributed by atoms with Crippen molar-refractivity contribution < 1.29 is 14.6 Å². The number of H-pyrrole nitrogens is 1. The van der Waals surface area contributed by atoms with E-state index in [4.69, 9.17) is 9.47 Å². The van der Waals surface area contributed by atoms with E-state index in [2.05, 4.69) is 15.1 Å². The van der Waals surface area contributed by atoms with Crippen molar-refractivity contribution in [3.05, 3.63) is 35.2 Å². The van der Waals surface area contributed by atoms with Crippen molar-refractivity contribution in [1.29, 1.82) is 0 Å². The number of rotatable bonds is 7. The molecule has 0 bridgehead atoms. The van der Waals surface area contributed by atoms with Crippen molar-refractivity contribution in [1.82, 2.24) is 15.1 Å². The average molecular weight is 378 g/mol. The predicted octanol–water partition coefficient (Wildman–Crippen LogP) is 2.49. The molecule has 0 amide bonds. The minimum Gasteiger partial charge on any atom is -0.496 e. The van der Waals surface area contributed by atoms with Crippen LogP contribution < -0.4 is 9.47 Å². The maximum Gasteiger partial charge on any atom is 0.132 e. The monoisotopic (exact) mass is 377 g/mol. The average Bonchev–Trinajstić information content (AvgIpc) is 3.20. The lowest BCUT2D eigenvalue weighted by atomic mass is 10.0. The van der Waals surface area contributed by atoms with Crippen LogP contribution in [-0.4, -0.2) is 59.9 Å². The quantitative estimate of drug-likeness (QED) is 0.723. The van der Waals surface area contributed by atoms with Gasteiger partial charge >= 0.3 is 0 Å². The Kier molecular flexibility index (Phi) is 6.11. The highest BCUT2D eigenvalue weighted by molar-refractivity contribution is 7.98. The molecule has 0 spiro atoms. The summed E-state index contributed by atoms with van der Waals surface area (Å²) in [4.78, 5) is 3.33. The molecule has 1 fully saturated rings. The number of aliphatic hydroxyl groups is 1. The van der Waals surface area contributed by atoms with Gasteiger partial charge in [0.05, 0.1) is 30.9 Å². The smallest absolute Gasteiger partial charge is 0.132 e. The molecule has 3 rings (SSSR count). The number of aryl methyl sites for hydroxylation is 1. The van der Waals surface area contributed by atoms with Gasteiger partial charge in [0.2, 0.25) is 0 Å². The van der Waals surface area contributed by atoms with Gasteiger partial charge < -0.3 is 14.6 Å². The second kappa shape index (κ2) is 8.33. The molecule has 0 saturated carbocycles. The molecule has 142 valence electrons. The molecular weight excluding hydrogens is 350 g/mol. The summed E-state index contributed by atoms with van der Waals surface area (Å²) >= 11 is 1.64. The number of hydrogen-bond donors (Lipinski definition) is 2. The Morgan fingerprint density at radius 2 is 2.00 bits per heavy atom. The van der Waals surface area contributed by atoms with Crippen molar-refractivity contribution in [3.63, 3.8) is 0 Å². The number of benzene rings is 1. The minimum atomic E-state index is -0.342. The highest BCUT2D eigenvalue weighted by Crippen LogP contribution is 2.36. The predicted molar refractivity (Wildman–Crippen MR) is 103 cm³/mol. The summed E-state index contributed by atoms with van der Waals surface area (Å²) < 4.78 is 11.1. The van der Waals surface area contributed by atoms with Gasteiger partial charge in [0, 0.05) is 36.8 Å². The summed E-state index contributed by atoms with van der Waals surface area (Å²) in [6, 6.07) is 6.11. The summed E-state index contributed by atoms with van der Waals surface area (Å²) in [5.74, 6) is 1.91. The SMILES string of the molecule is COc1cc(SC)c(OC)cc1CN1C[C@@H](Cc2cc(C)[nH]n2)[C@H](O)C1. The van der Waals surface area contributed by atoms with Crippen molar-refractivity contribution in [3.8, 4) is 11.5 Å². The molecule has 1 aliphatic rings. The third-order valence-electron chi connectivity index (χ3n) is 4.89. The number of aromatic amines is 1. The van der Waals surface area contributed by atoms with E-state index in [0.29, 0.717) is 6.54 Å². The number of hydrogen-bond acceptors (Lipinski definition) is 6. The highest BCUT2D eigenvalue weighted by atomic mass is 32.2. The largest absolute Gasteiger partial charge is 0.496 e. The lowest BCUT2D eigenvalue weighted by molar-refractivity contribution is 0.140. The molecule has 1 saturated heterocycles. The molecule has 7 heteroatoms. The molecule has 1 aliphatic heterocycles. The molecular formula is C19H27N3O3S. The second-order valence-electron chi connectivity index (χ2n) is 6.79. The topological polar surface area (TPSA) is 70.6 Å². The lowest BCUT2D eigenvalue weighted by Gasteiger charge is -2.19. The van der Waals surface area contributed by atoms with Crippen molar-refractivity contribution in [2.24, 2.45) is 5.92 Å². The summed E-state index contributed by atoms with van der Waals surface area (Å²) in [6.45, 7) is 4.21. The van der Waals surface area contributed by atoms with Crippen molar-refractivity contribution in [2.75, 3.05) is 33.6 Å². The van der Waals surface area contributed by atoms with Gasteiger partial charge in [-0.25, -0.2) is 0 Å². The van der Waals surface area contributed by atoms with Crippen LogP contribution in [0.2, 0.25) is 0 Å². The zero-order valence-electron chi connectivity index (χ0n) is 15.8. The first-order chi connectivity index (χ1) is 12.5. The molecule has 2 heterocycles. The van der Waals surface area contributed by atoms with Gasteiger partial charge in [-0.05, 0) is 37.8 Å². The van der Waals surface area contributed by atoms with Gasteiger partial charge in [0.25, 0.3) is 0 Å². The Morgan fingerprint density at radius 1 is 1.23 bits per heavy atom. The molecule has 0 aliphatic carbocycles. The zero-order chi connectivity index (χ0) is 18.7. The van der Waals surface area contributed by atoms with Crippen LogP contribution in [0, 0.1) is 12.8 Å². The van der Waals surface area contributed by atoms with Crippen LogP contribution in [0.5, 0.6) is 11.5 Å². The maximum atomic E-state index is 10.5. The Labute approximate surface area is 158 Å².